The summed E-state index contributed by atoms with van der Waals surface area (Å²) in [6.07, 6.45) is -0.870. The van der Waals surface area contributed by atoms with Gasteiger partial charge in [-0.15, -0.1) is 0 Å². The quantitative estimate of drug-likeness (QED) is 0.915. The Labute approximate surface area is 101 Å². The summed E-state index contributed by atoms with van der Waals surface area (Å²) in [5, 5.41) is 9.98. The van der Waals surface area contributed by atoms with Crippen molar-refractivity contribution in [2.75, 3.05) is 0 Å². The molecule has 0 fully saturated rings. The minimum Gasteiger partial charge on any atom is -0.451 e. The minimum atomic E-state index is -0.870. The summed E-state index contributed by atoms with van der Waals surface area (Å²) < 4.78 is 18.9. The van der Waals surface area contributed by atoms with Crippen LogP contribution in [0.5, 0.6) is 0 Å². The fourth-order valence-corrected chi connectivity index (χ4v) is 1.80. The van der Waals surface area contributed by atoms with Crippen molar-refractivity contribution in [1.82, 2.24) is 0 Å². The van der Waals surface area contributed by atoms with Gasteiger partial charge in [-0.2, -0.15) is 0 Å². The van der Waals surface area contributed by atoms with Gasteiger partial charge in [-0.25, -0.2) is 4.39 Å². The number of aliphatic hydroxyl groups is 1. The molecule has 1 N–H and O–H groups in total. The molecule has 0 amide bonds. The van der Waals surface area contributed by atoms with Gasteiger partial charge in [0.1, 0.15) is 17.7 Å². The van der Waals surface area contributed by atoms with Gasteiger partial charge < -0.3 is 9.52 Å². The lowest BCUT2D eigenvalue weighted by molar-refractivity contribution is 0.187. The molecule has 0 radical (unpaired) electrons. The maximum absolute atomic E-state index is 13.1. The van der Waals surface area contributed by atoms with Crippen molar-refractivity contribution < 1.29 is 13.9 Å². The monoisotopic (exact) mass is 284 g/mol. The third-order valence-electron chi connectivity index (χ3n) is 2.36. The summed E-state index contributed by atoms with van der Waals surface area (Å²) in [4.78, 5) is 0. The SMILES string of the molecule is Cc1cc(C(O)c2ccc(Br)o2)ccc1F. The smallest absolute Gasteiger partial charge is 0.169 e. The van der Waals surface area contributed by atoms with E-state index in [2.05, 4.69) is 15.9 Å². The first-order valence-corrected chi connectivity index (χ1v) is 5.56. The van der Waals surface area contributed by atoms with Gasteiger partial charge in [0, 0.05) is 0 Å². The first-order valence-electron chi connectivity index (χ1n) is 4.77. The van der Waals surface area contributed by atoms with E-state index in [1.807, 2.05) is 0 Å². The average Bonchev–Trinajstić information content (AvgIpc) is 2.68. The van der Waals surface area contributed by atoms with Gasteiger partial charge in [-0.05, 0) is 52.2 Å². The second kappa shape index (κ2) is 4.39. The van der Waals surface area contributed by atoms with Crippen molar-refractivity contribution in [3.63, 3.8) is 0 Å². The average molecular weight is 285 g/mol. The molecule has 84 valence electrons. The van der Waals surface area contributed by atoms with Gasteiger partial charge >= 0.3 is 0 Å². The van der Waals surface area contributed by atoms with Gasteiger partial charge in [0.2, 0.25) is 0 Å². The third kappa shape index (κ3) is 2.18. The maximum atomic E-state index is 13.1. The molecule has 0 saturated heterocycles. The van der Waals surface area contributed by atoms with Crippen molar-refractivity contribution in [1.29, 1.82) is 0 Å². The van der Waals surface area contributed by atoms with E-state index in [1.54, 1.807) is 31.2 Å². The Balaban J connectivity index is 2.33. The van der Waals surface area contributed by atoms with E-state index in [9.17, 15) is 9.50 Å². The third-order valence-corrected chi connectivity index (χ3v) is 2.79. The normalized spacial score (nSPS) is 12.8. The zero-order chi connectivity index (χ0) is 11.7. The van der Waals surface area contributed by atoms with Crippen LogP contribution in [-0.2, 0) is 0 Å². The molecule has 0 aliphatic rings. The van der Waals surface area contributed by atoms with Crippen molar-refractivity contribution >= 4 is 15.9 Å². The topological polar surface area (TPSA) is 33.4 Å². The lowest BCUT2D eigenvalue weighted by Gasteiger charge is -2.09. The molecule has 0 saturated carbocycles. The summed E-state index contributed by atoms with van der Waals surface area (Å²) in [6, 6.07) is 7.87. The van der Waals surface area contributed by atoms with Crippen LogP contribution in [0.25, 0.3) is 0 Å². The van der Waals surface area contributed by atoms with Crippen molar-refractivity contribution in [2.45, 2.75) is 13.0 Å². The van der Waals surface area contributed by atoms with Crippen LogP contribution in [0.3, 0.4) is 0 Å². The molecule has 4 heteroatoms. The van der Waals surface area contributed by atoms with Gasteiger partial charge in [0.25, 0.3) is 0 Å². The van der Waals surface area contributed by atoms with E-state index in [0.29, 0.717) is 21.6 Å². The summed E-state index contributed by atoms with van der Waals surface area (Å²) in [5.41, 5.74) is 1.11. The number of hydrogen-bond donors (Lipinski definition) is 1. The predicted octanol–water partition coefficient (Wildman–Crippen LogP) is 3.57. The second-order valence-electron chi connectivity index (χ2n) is 3.55. The highest BCUT2D eigenvalue weighted by Crippen LogP contribution is 2.26. The molecule has 1 aromatic heterocycles. The molecule has 2 nitrogen and oxygen atoms in total. The minimum absolute atomic E-state index is 0.281. The van der Waals surface area contributed by atoms with Crippen LogP contribution in [0.4, 0.5) is 4.39 Å². The second-order valence-corrected chi connectivity index (χ2v) is 4.33. The van der Waals surface area contributed by atoms with E-state index in [1.165, 1.54) is 6.07 Å². The Kier molecular flexibility index (Phi) is 3.12. The van der Waals surface area contributed by atoms with Crippen LogP contribution < -0.4 is 0 Å². The number of rotatable bonds is 2. The molecule has 2 aromatic rings. The zero-order valence-electron chi connectivity index (χ0n) is 8.58. The Morgan fingerprint density at radius 2 is 2.06 bits per heavy atom. The Hall–Kier alpha value is -1.13. The van der Waals surface area contributed by atoms with Gasteiger partial charge in [-0.3, -0.25) is 0 Å². The van der Waals surface area contributed by atoms with Crippen LogP contribution in [-0.4, -0.2) is 5.11 Å². The number of hydrogen-bond acceptors (Lipinski definition) is 2. The fourth-order valence-electron chi connectivity index (χ4n) is 1.48. The van der Waals surface area contributed by atoms with Crippen LogP contribution >= 0.6 is 15.9 Å². The predicted molar refractivity (Wildman–Crippen MR) is 61.6 cm³/mol. The highest BCUT2D eigenvalue weighted by atomic mass is 79.9. The number of halogens is 2. The first kappa shape index (κ1) is 11.4. The number of benzene rings is 1. The molecule has 2 rings (SSSR count). The highest BCUT2D eigenvalue weighted by molar-refractivity contribution is 9.10. The van der Waals surface area contributed by atoms with Gasteiger partial charge in [0.05, 0.1) is 0 Å². The first-order chi connectivity index (χ1) is 7.58. The van der Waals surface area contributed by atoms with E-state index in [0.717, 1.165) is 0 Å². The maximum Gasteiger partial charge on any atom is 0.169 e. The number of furan rings is 1. The van der Waals surface area contributed by atoms with Gasteiger partial charge in [-0.1, -0.05) is 12.1 Å². The molecule has 1 aromatic carbocycles. The molecule has 0 bridgehead atoms. The largest absolute Gasteiger partial charge is 0.451 e. The zero-order valence-corrected chi connectivity index (χ0v) is 10.2. The van der Waals surface area contributed by atoms with E-state index >= 15 is 0 Å². The standard InChI is InChI=1S/C12H10BrFO2/c1-7-6-8(2-3-9(7)14)12(15)10-4-5-11(13)16-10/h2-6,12,15H,1H3. The summed E-state index contributed by atoms with van der Waals surface area (Å²) in [6.45, 7) is 1.66. The summed E-state index contributed by atoms with van der Waals surface area (Å²) >= 11 is 3.16. The van der Waals surface area contributed by atoms with E-state index < -0.39 is 6.10 Å². The molecule has 0 spiro atoms. The number of aliphatic hydroxyl groups excluding tert-OH is 1. The number of aryl methyl sites for hydroxylation is 1. The lowest BCUT2D eigenvalue weighted by Crippen LogP contribution is -1.99. The molecule has 1 heterocycles. The Bertz CT molecular complexity index is 507. The Morgan fingerprint density at radius 1 is 1.31 bits per heavy atom. The lowest BCUT2D eigenvalue weighted by atomic mass is 10.0. The van der Waals surface area contributed by atoms with E-state index in [-0.39, 0.29) is 5.82 Å². The van der Waals surface area contributed by atoms with Crippen molar-refractivity contribution in [3.05, 3.63) is 57.7 Å². The molecule has 1 unspecified atom stereocenters. The van der Waals surface area contributed by atoms with Crippen LogP contribution in [0.1, 0.15) is 23.0 Å². The van der Waals surface area contributed by atoms with Crippen LogP contribution in [0.15, 0.2) is 39.4 Å². The van der Waals surface area contributed by atoms with Crippen molar-refractivity contribution in [3.8, 4) is 0 Å². The molecule has 1 atom stereocenters. The molecule has 16 heavy (non-hydrogen) atoms. The molecular weight excluding hydrogens is 275 g/mol. The molecular formula is C12H10BrFO2. The summed E-state index contributed by atoms with van der Waals surface area (Å²) in [7, 11) is 0. The highest BCUT2D eigenvalue weighted by Gasteiger charge is 2.15. The fraction of sp³-hybridized carbons (Fsp3) is 0.167. The van der Waals surface area contributed by atoms with Gasteiger partial charge in [0.15, 0.2) is 4.67 Å². The molecule has 0 aliphatic heterocycles. The van der Waals surface area contributed by atoms with Crippen LogP contribution in [0, 0.1) is 12.7 Å². The van der Waals surface area contributed by atoms with E-state index in [4.69, 9.17) is 4.42 Å². The van der Waals surface area contributed by atoms with Crippen molar-refractivity contribution in [2.24, 2.45) is 0 Å². The molecule has 0 aliphatic carbocycles. The Morgan fingerprint density at radius 3 is 2.62 bits per heavy atom. The van der Waals surface area contributed by atoms with Crippen LogP contribution in [0.2, 0.25) is 0 Å². The summed E-state index contributed by atoms with van der Waals surface area (Å²) in [5.74, 6) is 0.148.